The third kappa shape index (κ3) is 5.25. The van der Waals surface area contributed by atoms with Crippen molar-refractivity contribution in [2.75, 3.05) is 18.7 Å². The standard InChI is InChI=1S/C21H22N2O6/c1-2-3-10-27-21(26)15-6-4-5-7-16(15)23-20(25)19(24)22-12-14-8-9-17-18(11-14)29-13-28-17/h4-9,11H,2-3,10,12-13H2,1H3,(H,22,24)(H,23,25). The number of ether oxygens (including phenoxy) is 3. The predicted molar refractivity (Wildman–Crippen MR) is 105 cm³/mol. The van der Waals surface area contributed by atoms with E-state index in [1.54, 1.807) is 36.4 Å². The molecule has 2 aromatic rings. The summed E-state index contributed by atoms with van der Waals surface area (Å²) in [5.41, 5.74) is 1.17. The molecule has 2 amide bonds. The van der Waals surface area contributed by atoms with Crippen LogP contribution in [0.1, 0.15) is 35.7 Å². The quantitative estimate of drug-likeness (QED) is 0.422. The number of nitrogens with one attached hydrogen (secondary N) is 2. The van der Waals surface area contributed by atoms with Crippen LogP contribution in [0.5, 0.6) is 11.5 Å². The Morgan fingerprint density at radius 2 is 1.83 bits per heavy atom. The van der Waals surface area contributed by atoms with Crippen LogP contribution in [0.3, 0.4) is 0 Å². The Kier molecular flexibility index (Phi) is 6.67. The number of carbonyl (C=O) groups is 3. The summed E-state index contributed by atoms with van der Waals surface area (Å²) in [6, 6.07) is 11.6. The van der Waals surface area contributed by atoms with E-state index < -0.39 is 17.8 Å². The van der Waals surface area contributed by atoms with Gasteiger partial charge in [-0.25, -0.2) is 4.79 Å². The van der Waals surface area contributed by atoms with Crippen LogP contribution in [-0.4, -0.2) is 31.2 Å². The first-order valence-corrected chi connectivity index (χ1v) is 9.32. The summed E-state index contributed by atoms with van der Waals surface area (Å²) in [7, 11) is 0. The molecule has 0 spiro atoms. The van der Waals surface area contributed by atoms with Gasteiger partial charge in [-0.15, -0.1) is 0 Å². The molecule has 0 aromatic heterocycles. The summed E-state index contributed by atoms with van der Waals surface area (Å²) in [5, 5.41) is 5.00. The molecule has 0 saturated heterocycles. The molecule has 2 aromatic carbocycles. The normalized spacial score (nSPS) is 11.6. The number of rotatable bonds is 7. The van der Waals surface area contributed by atoms with Gasteiger partial charge in [-0.05, 0) is 36.2 Å². The second kappa shape index (κ2) is 9.59. The van der Waals surface area contributed by atoms with Crippen LogP contribution in [0.25, 0.3) is 0 Å². The highest BCUT2D eigenvalue weighted by molar-refractivity contribution is 6.39. The molecule has 0 unspecified atom stereocenters. The van der Waals surface area contributed by atoms with Crippen molar-refractivity contribution in [1.29, 1.82) is 0 Å². The summed E-state index contributed by atoms with van der Waals surface area (Å²) in [4.78, 5) is 36.6. The zero-order valence-electron chi connectivity index (χ0n) is 16.0. The van der Waals surface area contributed by atoms with E-state index in [9.17, 15) is 14.4 Å². The highest BCUT2D eigenvalue weighted by atomic mass is 16.7. The third-order valence-electron chi connectivity index (χ3n) is 4.22. The van der Waals surface area contributed by atoms with E-state index >= 15 is 0 Å². The average molecular weight is 398 g/mol. The predicted octanol–water partition coefficient (Wildman–Crippen LogP) is 2.63. The van der Waals surface area contributed by atoms with Crippen molar-refractivity contribution in [2.24, 2.45) is 0 Å². The number of carbonyl (C=O) groups excluding carboxylic acids is 3. The van der Waals surface area contributed by atoms with Gasteiger partial charge in [0.1, 0.15) is 0 Å². The summed E-state index contributed by atoms with van der Waals surface area (Å²) < 4.78 is 15.7. The fraction of sp³-hybridized carbons (Fsp3) is 0.286. The molecule has 0 saturated carbocycles. The van der Waals surface area contributed by atoms with Gasteiger partial charge in [-0.1, -0.05) is 31.5 Å². The zero-order chi connectivity index (χ0) is 20.6. The Bertz CT molecular complexity index is 912. The van der Waals surface area contributed by atoms with E-state index in [0.29, 0.717) is 18.1 Å². The molecule has 0 atom stereocenters. The van der Waals surface area contributed by atoms with Gasteiger partial charge in [0, 0.05) is 6.54 Å². The Balaban J connectivity index is 1.57. The summed E-state index contributed by atoms with van der Waals surface area (Å²) in [6.45, 7) is 2.59. The van der Waals surface area contributed by atoms with E-state index in [1.807, 2.05) is 6.92 Å². The molecule has 1 heterocycles. The fourth-order valence-corrected chi connectivity index (χ4v) is 2.65. The maximum atomic E-state index is 12.2. The molecule has 3 rings (SSSR count). The maximum absolute atomic E-state index is 12.2. The van der Waals surface area contributed by atoms with Gasteiger partial charge in [-0.2, -0.15) is 0 Å². The minimum Gasteiger partial charge on any atom is -0.462 e. The van der Waals surface area contributed by atoms with E-state index in [1.165, 1.54) is 6.07 Å². The van der Waals surface area contributed by atoms with Crippen LogP contribution in [0.2, 0.25) is 0 Å². The SMILES string of the molecule is CCCCOC(=O)c1ccccc1NC(=O)C(=O)NCc1ccc2c(c1)OCO2. The Hall–Kier alpha value is -3.55. The molecule has 0 radical (unpaired) electrons. The molecular weight excluding hydrogens is 376 g/mol. The van der Waals surface area contributed by atoms with Crippen LogP contribution in [-0.2, 0) is 20.9 Å². The second-order valence-electron chi connectivity index (χ2n) is 6.36. The van der Waals surface area contributed by atoms with Gasteiger partial charge in [0.05, 0.1) is 17.9 Å². The number of esters is 1. The molecule has 29 heavy (non-hydrogen) atoms. The fourth-order valence-electron chi connectivity index (χ4n) is 2.65. The minimum absolute atomic E-state index is 0.142. The van der Waals surface area contributed by atoms with E-state index in [2.05, 4.69) is 10.6 Å². The van der Waals surface area contributed by atoms with Crippen LogP contribution >= 0.6 is 0 Å². The molecule has 0 aliphatic carbocycles. The lowest BCUT2D eigenvalue weighted by Gasteiger charge is -2.11. The van der Waals surface area contributed by atoms with Crippen LogP contribution < -0.4 is 20.1 Å². The van der Waals surface area contributed by atoms with Gasteiger partial charge in [0.2, 0.25) is 6.79 Å². The smallest absolute Gasteiger partial charge is 0.340 e. The van der Waals surface area contributed by atoms with Gasteiger partial charge < -0.3 is 24.8 Å². The van der Waals surface area contributed by atoms with Crippen molar-refractivity contribution in [1.82, 2.24) is 5.32 Å². The van der Waals surface area contributed by atoms with Crippen LogP contribution in [0, 0.1) is 0 Å². The topological polar surface area (TPSA) is 103 Å². The Morgan fingerprint density at radius 3 is 2.66 bits per heavy atom. The minimum atomic E-state index is -0.875. The van der Waals surface area contributed by atoms with Crippen molar-refractivity contribution in [3.05, 3.63) is 53.6 Å². The zero-order valence-corrected chi connectivity index (χ0v) is 16.0. The molecule has 8 heteroatoms. The first-order valence-electron chi connectivity index (χ1n) is 9.32. The average Bonchev–Trinajstić information content (AvgIpc) is 3.20. The summed E-state index contributed by atoms with van der Waals surface area (Å²) in [6.07, 6.45) is 1.65. The highest BCUT2D eigenvalue weighted by Gasteiger charge is 2.19. The molecule has 1 aliphatic rings. The van der Waals surface area contributed by atoms with Crippen molar-refractivity contribution in [3.63, 3.8) is 0 Å². The largest absolute Gasteiger partial charge is 0.462 e. The molecule has 0 fully saturated rings. The lowest BCUT2D eigenvalue weighted by Crippen LogP contribution is -2.35. The molecule has 2 N–H and O–H groups in total. The molecule has 152 valence electrons. The molecule has 8 nitrogen and oxygen atoms in total. The number of para-hydroxylation sites is 1. The van der Waals surface area contributed by atoms with Crippen molar-refractivity contribution in [3.8, 4) is 11.5 Å². The van der Waals surface area contributed by atoms with Crippen molar-refractivity contribution < 1.29 is 28.6 Å². The number of fused-ring (bicyclic) bond motifs is 1. The van der Waals surface area contributed by atoms with E-state index in [-0.39, 0.29) is 24.6 Å². The van der Waals surface area contributed by atoms with Crippen molar-refractivity contribution >= 4 is 23.5 Å². The van der Waals surface area contributed by atoms with E-state index in [0.717, 1.165) is 18.4 Å². The number of benzene rings is 2. The number of hydrogen-bond acceptors (Lipinski definition) is 6. The summed E-state index contributed by atoms with van der Waals surface area (Å²) >= 11 is 0. The van der Waals surface area contributed by atoms with Gasteiger partial charge in [0.25, 0.3) is 0 Å². The highest BCUT2D eigenvalue weighted by Crippen LogP contribution is 2.32. The van der Waals surface area contributed by atoms with Gasteiger partial charge in [-0.3, -0.25) is 9.59 Å². The summed E-state index contributed by atoms with van der Waals surface area (Å²) in [5.74, 6) is -1.01. The Labute approximate surface area is 168 Å². The maximum Gasteiger partial charge on any atom is 0.340 e. The monoisotopic (exact) mass is 398 g/mol. The molecule has 1 aliphatic heterocycles. The first kappa shape index (κ1) is 20.2. The number of amides is 2. The van der Waals surface area contributed by atoms with E-state index in [4.69, 9.17) is 14.2 Å². The lowest BCUT2D eigenvalue weighted by molar-refractivity contribution is -0.136. The van der Waals surface area contributed by atoms with Crippen molar-refractivity contribution in [2.45, 2.75) is 26.3 Å². The number of unbranched alkanes of at least 4 members (excludes halogenated alkanes) is 1. The lowest BCUT2D eigenvalue weighted by atomic mass is 10.1. The second-order valence-corrected chi connectivity index (χ2v) is 6.36. The number of anilines is 1. The van der Waals surface area contributed by atoms with Gasteiger partial charge in [0.15, 0.2) is 11.5 Å². The first-order chi connectivity index (χ1) is 14.1. The van der Waals surface area contributed by atoms with Crippen LogP contribution in [0.4, 0.5) is 5.69 Å². The van der Waals surface area contributed by atoms with Gasteiger partial charge >= 0.3 is 17.8 Å². The number of hydrogen-bond donors (Lipinski definition) is 2. The van der Waals surface area contributed by atoms with Crippen LogP contribution in [0.15, 0.2) is 42.5 Å². The molecule has 0 bridgehead atoms. The Morgan fingerprint density at radius 1 is 1.03 bits per heavy atom. The third-order valence-corrected chi connectivity index (χ3v) is 4.22. The molecular formula is C21H22N2O6.